The smallest absolute Gasteiger partial charge is 0.138 e. The number of rotatable bonds is 4. The van der Waals surface area contributed by atoms with Crippen molar-refractivity contribution >= 4 is 27.6 Å². The highest BCUT2D eigenvalue weighted by Crippen LogP contribution is 2.35. The maximum absolute atomic E-state index is 14.5. The number of hydrogen-bond acceptors (Lipinski definition) is 4. The SMILES string of the molecule is CN(C)c1cncc(-c2ccc3[nH]nc(-c4cc5c(-c6ccccc6F)ccnc5[nH]4)c3c2)c1. The van der Waals surface area contributed by atoms with Crippen molar-refractivity contribution in [2.24, 2.45) is 0 Å². The highest BCUT2D eigenvalue weighted by atomic mass is 19.1. The van der Waals surface area contributed by atoms with Gasteiger partial charge in [-0.2, -0.15) is 5.10 Å². The van der Waals surface area contributed by atoms with Gasteiger partial charge >= 0.3 is 0 Å². The van der Waals surface area contributed by atoms with Gasteiger partial charge in [-0.1, -0.05) is 24.3 Å². The van der Waals surface area contributed by atoms with Crippen molar-refractivity contribution in [1.29, 1.82) is 0 Å². The molecule has 0 aliphatic carbocycles. The highest BCUT2D eigenvalue weighted by Gasteiger charge is 2.16. The first-order valence-electron chi connectivity index (χ1n) is 10.9. The number of fused-ring (bicyclic) bond motifs is 2. The second kappa shape index (κ2) is 7.81. The summed E-state index contributed by atoms with van der Waals surface area (Å²) in [4.78, 5) is 14.3. The van der Waals surface area contributed by atoms with Crippen LogP contribution in [0.3, 0.4) is 0 Å². The zero-order chi connectivity index (χ0) is 23.2. The first-order chi connectivity index (χ1) is 16.6. The van der Waals surface area contributed by atoms with E-state index in [9.17, 15) is 4.39 Å². The maximum atomic E-state index is 14.5. The zero-order valence-corrected chi connectivity index (χ0v) is 18.7. The lowest BCUT2D eigenvalue weighted by Crippen LogP contribution is -2.08. The summed E-state index contributed by atoms with van der Waals surface area (Å²) in [5, 5.41) is 9.52. The Labute approximate surface area is 195 Å². The third-order valence-electron chi connectivity index (χ3n) is 6.09. The molecule has 166 valence electrons. The molecule has 4 aromatic heterocycles. The Kier molecular flexibility index (Phi) is 4.62. The number of halogens is 1. The molecule has 4 heterocycles. The summed E-state index contributed by atoms with van der Waals surface area (Å²) in [6, 6.07) is 18.9. The number of aromatic nitrogens is 5. The van der Waals surface area contributed by atoms with Crippen LogP contribution in [0.4, 0.5) is 10.1 Å². The first-order valence-corrected chi connectivity index (χ1v) is 10.9. The van der Waals surface area contributed by atoms with Gasteiger partial charge in [0.2, 0.25) is 0 Å². The normalized spacial score (nSPS) is 11.4. The van der Waals surface area contributed by atoms with Crippen molar-refractivity contribution in [3.05, 3.63) is 85.1 Å². The van der Waals surface area contributed by atoms with Gasteiger partial charge in [-0.25, -0.2) is 9.37 Å². The molecule has 0 fully saturated rings. The molecule has 7 heteroatoms. The summed E-state index contributed by atoms with van der Waals surface area (Å²) in [6.07, 6.45) is 5.40. The Hall–Kier alpha value is -4.52. The quantitative estimate of drug-likeness (QED) is 0.345. The predicted molar refractivity (Wildman–Crippen MR) is 134 cm³/mol. The molecular formula is C27H21FN6. The van der Waals surface area contributed by atoms with Gasteiger partial charge in [-0.3, -0.25) is 10.1 Å². The number of pyridine rings is 2. The predicted octanol–water partition coefficient (Wildman–Crippen LogP) is 6.04. The van der Waals surface area contributed by atoms with Crippen molar-refractivity contribution in [2.45, 2.75) is 0 Å². The van der Waals surface area contributed by atoms with E-state index in [2.05, 4.69) is 43.3 Å². The maximum Gasteiger partial charge on any atom is 0.138 e. The van der Waals surface area contributed by atoms with E-state index in [1.807, 2.05) is 55.7 Å². The Morgan fingerprint density at radius 2 is 1.74 bits per heavy atom. The molecule has 2 N–H and O–H groups in total. The summed E-state index contributed by atoms with van der Waals surface area (Å²) >= 11 is 0. The largest absolute Gasteiger partial charge is 0.376 e. The topological polar surface area (TPSA) is 73.5 Å². The second-order valence-electron chi connectivity index (χ2n) is 8.44. The molecule has 6 rings (SSSR count). The van der Waals surface area contributed by atoms with E-state index in [4.69, 9.17) is 0 Å². The van der Waals surface area contributed by atoms with E-state index in [-0.39, 0.29) is 5.82 Å². The highest BCUT2D eigenvalue weighted by molar-refractivity contribution is 6.00. The molecule has 0 unspecified atom stereocenters. The van der Waals surface area contributed by atoms with E-state index in [1.165, 1.54) is 6.07 Å². The number of benzene rings is 2. The average molecular weight is 449 g/mol. The fourth-order valence-electron chi connectivity index (χ4n) is 4.30. The van der Waals surface area contributed by atoms with Crippen LogP contribution in [0.1, 0.15) is 0 Å². The van der Waals surface area contributed by atoms with E-state index in [1.54, 1.807) is 18.3 Å². The van der Waals surface area contributed by atoms with Crippen LogP contribution in [0.25, 0.3) is 55.6 Å². The summed E-state index contributed by atoms with van der Waals surface area (Å²) < 4.78 is 14.5. The first kappa shape index (κ1) is 20.1. The Morgan fingerprint density at radius 3 is 2.59 bits per heavy atom. The Balaban J connectivity index is 1.49. The van der Waals surface area contributed by atoms with Crippen LogP contribution in [0.2, 0.25) is 0 Å². The van der Waals surface area contributed by atoms with Crippen molar-refractivity contribution in [3.8, 4) is 33.6 Å². The molecule has 0 aliphatic heterocycles. The number of hydrogen-bond donors (Lipinski definition) is 2. The van der Waals surface area contributed by atoms with Gasteiger partial charge in [0, 0.05) is 48.4 Å². The Morgan fingerprint density at radius 1 is 0.853 bits per heavy atom. The van der Waals surface area contributed by atoms with Gasteiger partial charge in [-0.15, -0.1) is 0 Å². The molecule has 0 amide bonds. The molecule has 0 spiro atoms. The summed E-state index contributed by atoms with van der Waals surface area (Å²) in [6.45, 7) is 0. The third kappa shape index (κ3) is 3.29. The second-order valence-corrected chi connectivity index (χ2v) is 8.44. The fourth-order valence-corrected chi connectivity index (χ4v) is 4.30. The van der Waals surface area contributed by atoms with Crippen molar-refractivity contribution < 1.29 is 4.39 Å². The van der Waals surface area contributed by atoms with E-state index < -0.39 is 0 Å². The Bertz CT molecular complexity index is 1660. The zero-order valence-electron chi connectivity index (χ0n) is 18.7. The van der Waals surface area contributed by atoms with Crippen molar-refractivity contribution in [2.75, 3.05) is 19.0 Å². The molecule has 0 radical (unpaired) electrons. The van der Waals surface area contributed by atoms with Gasteiger partial charge in [-0.05, 0) is 47.5 Å². The molecule has 6 nitrogen and oxygen atoms in total. The average Bonchev–Trinajstić information content (AvgIpc) is 3.48. The van der Waals surface area contributed by atoms with Crippen LogP contribution in [0.15, 0.2) is 79.3 Å². The van der Waals surface area contributed by atoms with Crippen LogP contribution in [0.5, 0.6) is 0 Å². The molecule has 0 bridgehead atoms. The minimum atomic E-state index is -0.263. The molecule has 0 saturated carbocycles. The van der Waals surface area contributed by atoms with Gasteiger partial charge in [0.15, 0.2) is 0 Å². The number of H-pyrrole nitrogens is 2. The van der Waals surface area contributed by atoms with Crippen molar-refractivity contribution in [3.63, 3.8) is 0 Å². The lowest BCUT2D eigenvalue weighted by molar-refractivity contribution is 0.631. The number of nitrogens with zero attached hydrogens (tertiary/aromatic N) is 4. The lowest BCUT2D eigenvalue weighted by atomic mass is 10.0. The minimum absolute atomic E-state index is 0.263. The number of nitrogens with one attached hydrogen (secondary N) is 2. The summed E-state index contributed by atoms with van der Waals surface area (Å²) in [7, 11) is 4.00. The number of anilines is 1. The van der Waals surface area contributed by atoms with Gasteiger partial charge in [0.1, 0.15) is 17.2 Å². The van der Waals surface area contributed by atoms with E-state index >= 15 is 0 Å². The van der Waals surface area contributed by atoms with Crippen molar-refractivity contribution in [1.82, 2.24) is 25.1 Å². The van der Waals surface area contributed by atoms with Crippen LogP contribution in [0, 0.1) is 5.82 Å². The van der Waals surface area contributed by atoms with Gasteiger partial charge in [0.25, 0.3) is 0 Å². The minimum Gasteiger partial charge on any atom is -0.376 e. The third-order valence-corrected chi connectivity index (χ3v) is 6.09. The van der Waals surface area contributed by atoms with Crippen LogP contribution < -0.4 is 4.90 Å². The van der Waals surface area contributed by atoms with Gasteiger partial charge in [0.05, 0.1) is 23.1 Å². The lowest BCUT2D eigenvalue weighted by Gasteiger charge is -2.13. The molecule has 0 atom stereocenters. The van der Waals surface area contributed by atoms with E-state index in [0.29, 0.717) is 11.2 Å². The standard InChI is InChI=1S/C27H21FN6/c1-34(2)18-11-17(14-29-15-18)16-7-8-24-22(12-16)26(33-32-24)25-13-21-19(9-10-30-27(21)31-25)20-5-3-4-6-23(20)28/h3-15H,1-2H3,(H,30,31)(H,32,33). The number of aromatic amines is 2. The van der Waals surface area contributed by atoms with Crippen LogP contribution >= 0.6 is 0 Å². The molecule has 6 aromatic rings. The van der Waals surface area contributed by atoms with Crippen LogP contribution in [-0.4, -0.2) is 39.2 Å². The molecule has 0 saturated heterocycles. The fraction of sp³-hybridized carbons (Fsp3) is 0.0741. The molecular weight excluding hydrogens is 427 g/mol. The van der Waals surface area contributed by atoms with Crippen LogP contribution in [-0.2, 0) is 0 Å². The molecule has 2 aromatic carbocycles. The summed E-state index contributed by atoms with van der Waals surface area (Å²) in [5.74, 6) is -0.263. The van der Waals surface area contributed by atoms with Gasteiger partial charge < -0.3 is 9.88 Å². The van der Waals surface area contributed by atoms with E-state index in [0.717, 1.165) is 50.1 Å². The molecule has 0 aliphatic rings. The molecule has 34 heavy (non-hydrogen) atoms. The monoisotopic (exact) mass is 448 g/mol. The summed E-state index contributed by atoms with van der Waals surface area (Å²) in [5.41, 5.74) is 7.66.